The van der Waals surface area contributed by atoms with Crippen molar-refractivity contribution in [3.63, 3.8) is 0 Å². The number of carboxylic acid groups (broad SMARTS) is 1. The first kappa shape index (κ1) is 21.2. The van der Waals surface area contributed by atoms with Crippen LogP contribution in [0.2, 0.25) is 10.0 Å². The number of hydrogen-bond acceptors (Lipinski definition) is 5. The molecule has 0 aromatic heterocycles. The first-order valence-corrected chi connectivity index (χ1v) is 9.96. The number of amides is 2. The number of carbonyl (C=O) groups excluding carboxylic acids is 2. The topological polar surface area (TPSA) is 83.9 Å². The zero-order valence-electron chi connectivity index (χ0n) is 15.1. The van der Waals surface area contributed by atoms with Gasteiger partial charge in [0.2, 0.25) is 0 Å². The zero-order valence-corrected chi connectivity index (χ0v) is 17.5. The third kappa shape index (κ3) is 5.12. The van der Waals surface area contributed by atoms with Crippen molar-refractivity contribution in [2.45, 2.75) is 13.5 Å². The summed E-state index contributed by atoms with van der Waals surface area (Å²) in [6, 6.07) is 10.6. The maximum atomic E-state index is 12.7. The molecule has 1 aliphatic rings. The predicted octanol–water partition coefficient (Wildman–Crippen LogP) is 5.00. The van der Waals surface area contributed by atoms with Gasteiger partial charge in [-0.15, -0.1) is 0 Å². The Morgan fingerprint density at radius 2 is 1.90 bits per heavy atom. The van der Waals surface area contributed by atoms with Gasteiger partial charge in [-0.25, -0.2) is 4.79 Å². The van der Waals surface area contributed by atoms with Crippen LogP contribution in [0.1, 0.15) is 16.7 Å². The van der Waals surface area contributed by atoms with Gasteiger partial charge in [-0.05, 0) is 48.0 Å². The van der Waals surface area contributed by atoms with Crippen molar-refractivity contribution in [3.8, 4) is 5.75 Å². The van der Waals surface area contributed by atoms with E-state index in [1.807, 2.05) is 31.2 Å². The highest BCUT2D eigenvalue weighted by molar-refractivity contribution is 8.18. The molecule has 0 aliphatic carbocycles. The number of imide groups is 1. The summed E-state index contributed by atoms with van der Waals surface area (Å²) in [6.07, 6.45) is 1.51. The number of benzene rings is 2. The van der Waals surface area contributed by atoms with Crippen molar-refractivity contribution in [1.82, 2.24) is 4.90 Å². The van der Waals surface area contributed by atoms with E-state index >= 15 is 0 Å². The van der Waals surface area contributed by atoms with E-state index in [9.17, 15) is 14.4 Å². The summed E-state index contributed by atoms with van der Waals surface area (Å²) in [5.74, 6) is -1.52. The number of thioether (sulfide) groups is 1. The molecule has 1 heterocycles. The summed E-state index contributed by atoms with van der Waals surface area (Å²) in [5.41, 5.74) is 2.39. The molecule has 1 aliphatic heterocycles. The maximum Gasteiger partial charge on any atom is 0.341 e. The van der Waals surface area contributed by atoms with E-state index in [0.29, 0.717) is 5.56 Å². The molecule has 0 radical (unpaired) electrons. The first-order valence-electron chi connectivity index (χ1n) is 8.39. The summed E-state index contributed by atoms with van der Waals surface area (Å²) >= 11 is 13.1. The van der Waals surface area contributed by atoms with E-state index in [-0.39, 0.29) is 32.5 Å². The van der Waals surface area contributed by atoms with Gasteiger partial charge in [-0.3, -0.25) is 14.5 Å². The Bertz CT molecular complexity index is 1010. The lowest BCUT2D eigenvalue weighted by molar-refractivity contribution is -0.139. The van der Waals surface area contributed by atoms with Crippen LogP contribution in [-0.2, 0) is 16.1 Å². The fraction of sp³-hybridized carbons (Fsp3) is 0.150. The Hall–Kier alpha value is -2.48. The fourth-order valence-corrected chi connectivity index (χ4v) is 4.17. The van der Waals surface area contributed by atoms with Crippen LogP contribution in [0.3, 0.4) is 0 Å². The van der Waals surface area contributed by atoms with Crippen molar-refractivity contribution < 1.29 is 24.2 Å². The lowest BCUT2D eigenvalue weighted by Gasteiger charge is -2.12. The van der Waals surface area contributed by atoms with E-state index < -0.39 is 18.5 Å². The highest BCUT2D eigenvalue weighted by atomic mass is 35.5. The molecular formula is C20H15Cl2NO5S. The average Bonchev–Trinajstić information content (AvgIpc) is 2.88. The average molecular weight is 452 g/mol. The molecular weight excluding hydrogens is 437 g/mol. The Balaban J connectivity index is 1.81. The van der Waals surface area contributed by atoms with Gasteiger partial charge in [0.1, 0.15) is 0 Å². The predicted molar refractivity (Wildman–Crippen MR) is 112 cm³/mol. The van der Waals surface area contributed by atoms with Crippen molar-refractivity contribution in [2.75, 3.05) is 6.61 Å². The van der Waals surface area contributed by atoms with Gasteiger partial charge in [-0.1, -0.05) is 53.0 Å². The van der Waals surface area contributed by atoms with Crippen LogP contribution in [0.4, 0.5) is 4.79 Å². The second-order valence-corrected chi connectivity index (χ2v) is 8.06. The van der Waals surface area contributed by atoms with Crippen LogP contribution >= 0.6 is 35.0 Å². The van der Waals surface area contributed by atoms with Gasteiger partial charge in [0.25, 0.3) is 11.1 Å². The van der Waals surface area contributed by atoms with Gasteiger partial charge in [0.05, 0.1) is 21.5 Å². The molecule has 2 amide bonds. The second-order valence-electron chi connectivity index (χ2n) is 6.25. The summed E-state index contributed by atoms with van der Waals surface area (Å²) < 4.78 is 5.07. The second kappa shape index (κ2) is 8.90. The van der Waals surface area contributed by atoms with Crippen molar-refractivity contribution in [1.29, 1.82) is 0 Å². The molecule has 0 saturated carbocycles. The molecule has 29 heavy (non-hydrogen) atoms. The van der Waals surface area contributed by atoms with E-state index in [1.165, 1.54) is 23.1 Å². The van der Waals surface area contributed by atoms with Crippen LogP contribution in [0.25, 0.3) is 6.08 Å². The van der Waals surface area contributed by atoms with Gasteiger partial charge in [0.15, 0.2) is 12.4 Å². The summed E-state index contributed by atoms with van der Waals surface area (Å²) in [5, 5.41) is 8.55. The smallest absolute Gasteiger partial charge is 0.341 e. The minimum Gasteiger partial charge on any atom is -0.479 e. The largest absolute Gasteiger partial charge is 0.479 e. The van der Waals surface area contributed by atoms with Crippen LogP contribution in [0.15, 0.2) is 41.3 Å². The number of aryl methyl sites for hydroxylation is 1. The highest BCUT2D eigenvalue weighted by Crippen LogP contribution is 2.37. The molecule has 150 valence electrons. The Labute approximate surface area is 181 Å². The third-order valence-electron chi connectivity index (χ3n) is 3.96. The van der Waals surface area contributed by atoms with E-state index in [4.69, 9.17) is 33.0 Å². The number of aliphatic carboxylic acids is 1. The number of carbonyl (C=O) groups is 3. The van der Waals surface area contributed by atoms with E-state index in [1.54, 1.807) is 0 Å². The van der Waals surface area contributed by atoms with E-state index in [2.05, 4.69) is 0 Å². The molecule has 0 atom stereocenters. The number of carboxylic acids is 1. The lowest BCUT2D eigenvalue weighted by Crippen LogP contribution is -2.27. The van der Waals surface area contributed by atoms with Crippen molar-refractivity contribution >= 4 is 58.2 Å². The molecule has 2 aromatic carbocycles. The number of halogens is 2. The first-order chi connectivity index (χ1) is 13.7. The molecule has 0 unspecified atom stereocenters. The van der Waals surface area contributed by atoms with Crippen LogP contribution in [0, 0.1) is 6.92 Å². The quantitative estimate of drug-likeness (QED) is 0.621. The fourth-order valence-electron chi connectivity index (χ4n) is 2.72. The third-order valence-corrected chi connectivity index (χ3v) is 5.42. The lowest BCUT2D eigenvalue weighted by atomic mass is 10.1. The SMILES string of the molecule is Cc1cccc(CN2C(=O)S/C(=C\c3cc(Cl)c(OCC(=O)O)c(Cl)c3)C2=O)c1. The van der Waals surface area contributed by atoms with Gasteiger partial charge in [-0.2, -0.15) is 0 Å². The molecule has 1 N–H and O–H groups in total. The molecule has 3 rings (SSSR count). The molecule has 1 saturated heterocycles. The minimum atomic E-state index is -1.16. The van der Waals surface area contributed by atoms with Crippen molar-refractivity contribution in [3.05, 3.63) is 68.0 Å². The number of hydrogen-bond donors (Lipinski definition) is 1. The molecule has 0 spiro atoms. The maximum absolute atomic E-state index is 12.7. The molecule has 1 fully saturated rings. The summed E-state index contributed by atoms with van der Waals surface area (Å²) in [7, 11) is 0. The van der Waals surface area contributed by atoms with Crippen LogP contribution < -0.4 is 4.74 Å². The van der Waals surface area contributed by atoms with Gasteiger partial charge >= 0.3 is 5.97 Å². The molecule has 0 bridgehead atoms. The van der Waals surface area contributed by atoms with Crippen LogP contribution in [0.5, 0.6) is 5.75 Å². The van der Waals surface area contributed by atoms with Gasteiger partial charge < -0.3 is 9.84 Å². The van der Waals surface area contributed by atoms with E-state index in [0.717, 1.165) is 22.9 Å². The highest BCUT2D eigenvalue weighted by Gasteiger charge is 2.35. The van der Waals surface area contributed by atoms with Gasteiger partial charge in [0, 0.05) is 0 Å². The zero-order chi connectivity index (χ0) is 21.1. The molecule has 6 nitrogen and oxygen atoms in total. The Kier molecular flexibility index (Phi) is 6.52. The normalized spacial score (nSPS) is 15.3. The standard InChI is InChI=1S/C20H15Cl2NO5S/c1-11-3-2-4-12(5-11)9-23-19(26)16(29-20(23)27)8-13-6-14(21)18(15(22)7-13)28-10-17(24)25/h2-8H,9-10H2,1H3,(H,24,25)/b16-8-. The summed E-state index contributed by atoms with van der Waals surface area (Å²) in [6.45, 7) is 1.54. The van der Waals surface area contributed by atoms with Crippen LogP contribution in [-0.4, -0.2) is 33.7 Å². The molecule has 2 aromatic rings. The number of rotatable bonds is 6. The molecule has 9 heteroatoms. The number of nitrogens with zero attached hydrogens (tertiary/aromatic N) is 1. The monoisotopic (exact) mass is 451 g/mol. The Morgan fingerprint density at radius 1 is 1.21 bits per heavy atom. The minimum absolute atomic E-state index is 0.0421. The van der Waals surface area contributed by atoms with Crippen molar-refractivity contribution in [2.24, 2.45) is 0 Å². The Morgan fingerprint density at radius 3 is 2.52 bits per heavy atom. The summed E-state index contributed by atoms with van der Waals surface area (Å²) in [4.78, 5) is 37.1. The number of ether oxygens (including phenoxy) is 1.